The Bertz CT molecular complexity index is 735. The Hall–Kier alpha value is -2.25. The topological polar surface area (TPSA) is 78.4 Å². The molecule has 0 unspecified atom stereocenters. The second-order valence-electron chi connectivity index (χ2n) is 4.27. The summed E-state index contributed by atoms with van der Waals surface area (Å²) >= 11 is 8.31. The largest absolute Gasteiger partial charge is 0.478 e. The van der Waals surface area contributed by atoms with Crippen molar-refractivity contribution in [1.82, 2.24) is 5.32 Å². The molecule has 0 aromatic heterocycles. The van der Waals surface area contributed by atoms with E-state index in [0.717, 1.165) is 0 Å². The van der Waals surface area contributed by atoms with Crippen molar-refractivity contribution in [2.45, 2.75) is 0 Å². The molecule has 0 radical (unpaired) electrons. The lowest BCUT2D eigenvalue weighted by atomic mass is 10.2. The number of carboxylic acids is 1. The van der Waals surface area contributed by atoms with E-state index in [0.29, 0.717) is 15.7 Å². The molecular weight excluding hydrogens is 368 g/mol. The molecule has 0 heterocycles. The van der Waals surface area contributed by atoms with Gasteiger partial charge in [-0.15, -0.1) is 0 Å². The van der Waals surface area contributed by atoms with Gasteiger partial charge < -0.3 is 10.4 Å². The number of rotatable bonds is 3. The fourth-order valence-corrected chi connectivity index (χ4v) is 2.29. The summed E-state index contributed by atoms with van der Waals surface area (Å²) in [6, 6.07) is 13.2. The van der Waals surface area contributed by atoms with Crippen LogP contribution < -0.4 is 10.6 Å². The van der Waals surface area contributed by atoms with E-state index in [2.05, 4.69) is 26.6 Å². The number of nitrogens with one attached hydrogen (secondary N) is 2. The lowest BCUT2D eigenvalue weighted by Gasteiger charge is -2.12. The first-order valence-electron chi connectivity index (χ1n) is 6.17. The van der Waals surface area contributed by atoms with E-state index < -0.39 is 5.97 Å². The van der Waals surface area contributed by atoms with Crippen molar-refractivity contribution in [3.05, 3.63) is 64.1 Å². The predicted molar refractivity (Wildman–Crippen MR) is 91.2 cm³/mol. The first kappa shape index (κ1) is 16.1. The van der Waals surface area contributed by atoms with Crippen LogP contribution in [0.4, 0.5) is 5.69 Å². The van der Waals surface area contributed by atoms with Crippen molar-refractivity contribution >= 4 is 50.8 Å². The minimum atomic E-state index is -1.09. The van der Waals surface area contributed by atoms with Gasteiger partial charge in [-0.3, -0.25) is 10.1 Å². The second kappa shape index (κ2) is 7.15. The minimum absolute atomic E-state index is 0.0226. The fourth-order valence-electron chi connectivity index (χ4n) is 1.72. The molecule has 2 aromatic rings. The molecule has 0 spiro atoms. The van der Waals surface area contributed by atoms with Crippen molar-refractivity contribution in [2.24, 2.45) is 0 Å². The van der Waals surface area contributed by atoms with E-state index in [1.165, 1.54) is 6.07 Å². The lowest BCUT2D eigenvalue weighted by molar-refractivity contribution is 0.0698. The number of hydrogen-bond donors (Lipinski definition) is 3. The Morgan fingerprint density at radius 3 is 2.41 bits per heavy atom. The van der Waals surface area contributed by atoms with Gasteiger partial charge in [-0.05, 0) is 42.5 Å². The van der Waals surface area contributed by atoms with Crippen LogP contribution in [0.25, 0.3) is 0 Å². The molecule has 0 aliphatic heterocycles. The molecule has 0 saturated carbocycles. The monoisotopic (exact) mass is 378 g/mol. The lowest BCUT2D eigenvalue weighted by Crippen LogP contribution is -2.34. The van der Waals surface area contributed by atoms with Gasteiger partial charge in [-0.25, -0.2) is 4.79 Å². The van der Waals surface area contributed by atoms with Crippen LogP contribution in [0.3, 0.4) is 0 Å². The Kier molecular flexibility index (Phi) is 5.24. The number of benzene rings is 2. The molecule has 2 rings (SSSR count). The van der Waals surface area contributed by atoms with E-state index in [9.17, 15) is 9.59 Å². The summed E-state index contributed by atoms with van der Waals surface area (Å²) in [6.07, 6.45) is 0. The average Bonchev–Trinajstić information content (AvgIpc) is 2.47. The molecule has 0 saturated heterocycles. The molecule has 2 aromatic carbocycles. The summed E-state index contributed by atoms with van der Waals surface area (Å²) in [5, 5.41) is 14.4. The Morgan fingerprint density at radius 1 is 1.09 bits per heavy atom. The third kappa shape index (κ3) is 4.12. The van der Waals surface area contributed by atoms with E-state index in [4.69, 9.17) is 17.3 Å². The number of aromatic carboxylic acids is 1. The Labute approximate surface area is 140 Å². The first-order valence-corrected chi connectivity index (χ1v) is 7.37. The number of carboxylic acid groups (broad SMARTS) is 1. The van der Waals surface area contributed by atoms with Gasteiger partial charge in [0.2, 0.25) is 0 Å². The highest BCUT2D eigenvalue weighted by Gasteiger charge is 2.13. The second-order valence-corrected chi connectivity index (χ2v) is 5.59. The van der Waals surface area contributed by atoms with Gasteiger partial charge in [0.1, 0.15) is 0 Å². The van der Waals surface area contributed by atoms with Crippen molar-refractivity contribution in [1.29, 1.82) is 0 Å². The van der Waals surface area contributed by atoms with Gasteiger partial charge in [0, 0.05) is 10.0 Å². The Morgan fingerprint density at radius 2 is 1.77 bits per heavy atom. The van der Waals surface area contributed by atoms with Crippen molar-refractivity contribution < 1.29 is 14.7 Å². The summed E-state index contributed by atoms with van der Waals surface area (Å²) in [5.74, 6) is -1.46. The number of halogens is 1. The molecule has 0 fully saturated rings. The molecule has 22 heavy (non-hydrogen) atoms. The fraction of sp³-hybridized carbons (Fsp3) is 0. The Balaban J connectivity index is 2.11. The number of anilines is 1. The zero-order valence-electron chi connectivity index (χ0n) is 11.2. The predicted octanol–water partition coefficient (Wildman–Crippen LogP) is 3.27. The number of carbonyl (C=O) groups excluding carboxylic acids is 1. The number of amides is 1. The van der Waals surface area contributed by atoms with E-state index in [1.54, 1.807) is 42.5 Å². The molecule has 0 bridgehead atoms. The van der Waals surface area contributed by atoms with Crippen molar-refractivity contribution in [3.63, 3.8) is 0 Å². The molecule has 0 aliphatic carbocycles. The maximum Gasteiger partial charge on any atom is 0.337 e. The van der Waals surface area contributed by atoms with Crippen LogP contribution in [0.2, 0.25) is 0 Å². The molecule has 3 N–H and O–H groups in total. The molecule has 0 atom stereocenters. The highest BCUT2D eigenvalue weighted by atomic mass is 79.9. The molecule has 1 amide bonds. The van der Waals surface area contributed by atoms with Crippen LogP contribution >= 0.6 is 28.1 Å². The van der Waals surface area contributed by atoms with Crippen LogP contribution in [0.1, 0.15) is 20.7 Å². The molecule has 0 aliphatic rings. The summed E-state index contributed by atoms with van der Waals surface area (Å²) < 4.78 is 0.692. The minimum Gasteiger partial charge on any atom is -0.478 e. The zero-order valence-corrected chi connectivity index (χ0v) is 13.6. The quantitative estimate of drug-likeness (QED) is 0.714. The van der Waals surface area contributed by atoms with E-state index in [1.807, 2.05) is 0 Å². The van der Waals surface area contributed by atoms with Crippen LogP contribution in [-0.2, 0) is 0 Å². The molecular formula is C15H11BrN2O3S. The first-order chi connectivity index (χ1) is 10.5. The normalized spacial score (nSPS) is 9.86. The number of thiocarbonyl (C=S) groups is 1. The summed E-state index contributed by atoms with van der Waals surface area (Å²) in [4.78, 5) is 23.1. The average molecular weight is 379 g/mol. The molecule has 112 valence electrons. The van der Waals surface area contributed by atoms with Crippen molar-refractivity contribution in [3.8, 4) is 0 Å². The van der Waals surface area contributed by atoms with Crippen LogP contribution in [0.5, 0.6) is 0 Å². The highest BCUT2D eigenvalue weighted by molar-refractivity contribution is 9.10. The molecule has 7 heteroatoms. The van der Waals surface area contributed by atoms with Crippen molar-refractivity contribution in [2.75, 3.05) is 5.32 Å². The standard InChI is InChI=1S/C15H11BrN2O3S/c16-10-6-7-11(14(20)21)12(8-10)17-15(22)18-13(19)9-4-2-1-3-5-9/h1-8H,(H,20,21)(H2,17,18,19,22). The summed E-state index contributed by atoms with van der Waals surface area (Å²) in [7, 11) is 0. The van der Waals surface area contributed by atoms with Gasteiger partial charge in [-0.2, -0.15) is 0 Å². The van der Waals surface area contributed by atoms with E-state index in [-0.39, 0.29) is 16.6 Å². The van der Waals surface area contributed by atoms with Crippen LogP contribution in [0, 0.1) is 0 Å². The van der Waals surface area contributed by atoms with Gasteiger partial charge in [0.25, 0.3) is 5.91 Å². The van der Waals surface area contributed by atoms with Gasteiger partial charge >= 0.3 is 5.97 Å². The van der Waals surface area contributed by atoms with Crippen LogP contribution in [-0.4, -0.2) is 22.1 Å². The summed E-state index contributed by atoms with van der Waals surface area (Å²) in [6.45, 7) is 0. The molecule has 5 nitrogen and oxygen atoms in total. The SMILES string of the molecule is O=C(NC(=S)Nc1cc(Br)ccc1C(=O)O)c1ccccc1. The van der Waals surface area contributed by atoms with Gasteiger partial charge in [-0.1, -0.05) is 34.1 Å². The maximum absolute atomic E-state index is 12.0. The highest BCUT2D eigenvalue weighted by Crippen LogP contribution is 2.21. The number of hydrogen-bond acceptors (Lipinski definition) is 3. The third-order valence-corrected chi connectivity index (χ3v) is 3.42. The van der Waals surface area contributed by atoms with Gasteiger partial charge in [0.15, 0.2) is 5.11 Å². The summed E-state index contributed by atoms with van der Waals surface area (Å²) in [5.41, 5.74) is 0.805. The van der Waals surface area contributed by atoms with Gasteiger partial charge in [0.05, 0.1) is 11.3 Å². The third-order valence-electron chi connectivity index (χ3n) is 2.72. The number of carbonyl (C=O) groups is 2. The van der Waals surface area contributed by atoms with E-state index >= 15 is 0 Å². The maximum atomic E-state index is 12.0. The van der Waals surface area contributed by atoms with Crippen LogP contribution in [0.15, 0.2) is 53.0 Å². The smallest absolute Gasteiger partial charge is 0.337 e. The zero-order chi connectivity index (χ0) is 16.1.